The summed E-state index contributed by atoms with van der Waals surface area (Å²) in [5.74, 6) is 0.758. The Morgan fingerprint density at radius 2 is 1.93 bits per heavy atom. The van der Waals surface area contributed by atoms with Crippen LogP contribution in [0.2, 0.25) is 5.02 Å². The first kappa shape index (κ1) is 31.8. The molecule has 3 N–H and O–H groups in total. The van der Waals surface area contributed by atoms with E-state index in [1.54, 1.807) is 24.3 Å². The van der Waals surface area contributed by atoms with E-state index in [2.05, 4.69) is 24.1 Å². The minimum absolute atomic E-state index is 0.124. The fraction of sp³-hybridized carbons (Fsp3) is 0.486. The zero-order valence-corrected chi connectivity index (χ0v) is 27.3. The minimum Gasteiger partial charge on any atom is -0.493 e. The summed E-state index contributed by atoms with van der Waals surface area (Å²) in [6.45, 7) is 4.96. The minimum atomic E-state index is -4.40. The Bertz CT molecular complexity index is 1700. The predicted octanol–water partition coefficient (Wildman–Crippen LogP) is 7.45. The number of pyridine rings is 1. The van der Waals surface area contributed by atoms with Gasteiger partial charge in [-0.2, -0.15) is 8.42 Å². The molecular weight excluding hydrogens is 612 g/mol. The summed E-state index contributed by atoms with van der Waals surface area (Å²) in [6.07, 6.45) is 8.50. The first-order chi connectivity index (χ1) is 21.4. The molecule has 10 heteroatoms. The van der Waals surface area contributed by atoms with E-state index < -0.39 is 27.0 Å². The van der Waals surface area contributed by atoms with Crippen molar-refractivity contribution in [3.8, 4) is 5.75 Å². The molecule has 8 nitrogen and oxygen atoms in total. The standard InChI is InChI=1S/C35H41ClN2O6S/c1-22(21-44-31-11-16-37-30-8-3-5-23(2)32(30)31)17-25-18-24-9-10-28(45(41,42)43)20-29(24)34(25)12-14-35(15-13-34,33(39)40)38-27-7-4-6-26(36)19-27/h4,6-7,9-11,16,19-20,22-23,25,38H,3,5,8,12-15,17-18,21H2,1-2H3,(H,39,40)(H,41,42,43)/t22-,23-,25+,34?,35?/m1/s1. The number of nitrogens with one attached hydrogen (secondary N) is 1. The Morgan fingerprint density at radius 1 is 1.16 bits per heavy atom. The number of aromatic nitrogens is 1. The fourth-order valence-electron chi connectivity index (χ4n) is 8.24. The number of hydrogen-bond acceptors (Lipinski definition) is 6. The summed E-state index contributed by atoms with van der Waals surface area (Å²) in [7, 11) is -4.40. The third-order valence-electron chi connectivity index (χ3n) is 10.6. The Hall–Kier alpha value is -3.14. The van der Waals surface area contributed by atoms with Crippen LogP contribution in [0.5, 0.6) is 5.75 Å². The Labute approximate surface area is 270 Å². The Balaban J connectivity index is 1.26. The zero-order valence-electron chi connectivity index (χ0n) is 25.8. The van der Waals surface area contributed by atoms with Crippen molar-refractivity contribution in [2.24, 2.45) is 11.8 Å². The highest BCUT2D eigenvalue weighted by molar-refractivity contribution is 7.85. The molecule has 3 atom stereocenters. The van der Waals surface area contributed by atoms with Gasteiger partial charge in [0.15, 0.2) is 0 Å². The van der Waals surface area contributed by atoms with Gasteiger partial charge in [0.1, 0.15) is 11.3 Å². The largest absolute Gasteiger partial charge is 0.493 e. The average molecular weight is 653 g/mol. The van der Waals surface area contributed by atoms with Crippen LogP contribution in [-0.4, -0.2) is 41.2 Å². The fourth-order valence-corrected chi connectivity index (χ4v) is 8.93. The molecule has 240 valence electrons. The molecule has 1 heterocycles. The number of ether oxygens (including phenoxy) is 1. The molecule has 0 bridgehead atoms. The molecule has 3 aromatic rings. The van der Waals surface area contributed by atoms with Gasteiger partial charge in [0.2, 0.25) is 0 Å². The first-order valence-corrected chi connectivity index (χ1v) is 17.7. The molecule has 0 amide bonds. The van der Waals surface area contributed by atoms with Crippen LogP contribution in [-0.2, 0) is 33.2 Å². The number of halogens is 1. The lowest BCUT2D eigenvalue weighted by Crippen LogP contribution is -2.53. The van der Waals surface area contributed by atoms with Crippen LogP contribution in [0.1, 0.15) is 87.1 Å². The van der Waals surface area contributed by atoms with Crippen molar-refractivity contribution in [1.29, 1.82) is 0 Å². The Kier molecular flexibility index (Phi) is 8.65. The maximum Gasteiger partial charge on any atom is 0.329 e. The quantitative estimate of drug-likeness (QED) is 0.204. The predicted molar refractivity (Wildman–Crippen MR) is 174 cm³/mol. The maximum absolute atomic E-state index is 12.8. The number of rotatable bonds is 9. The van der Waals surface area contributed by atoms with Gasteiger partial charge in [0, 0.05) is 28.2 Å². The number of anilines is 1. The summed E-state index contributed by atoms with van der Waals surface area (Å²) >= 11 is 6.20. The third-order valence-corrected chi connectivity index (χ3v) is 11.6. The number of carbonyl (C=O) groups is 1. The van der Waals surface area contributed by atoms with Crippen LogP contribution < -0.4 is 10.1 Å². The summed E-state index contributed by atoms with van der Waals surface area (Å²) in [5, 5.41) is 14.3. The van der Waals surface area contributed by atoms with Gasteiger partial charge < -0.3 is 15.2 Å². The molecule has 0 aliphatic heterocycles. The zero-order chi connectivity index (χ0) is 32.0. The number of benzene rings is 2. The lowest BCUT2D eigenvalue weighted by molar-refractivity contribution is -0.144. The lowest BCUT2D eigenvalue weighted by atomic mass is 9.59. The number of fused-ring (bicyclic) bond motifs is 3. The molecule has 6 rings (SSSR count). The molecule has 1 fully saturated rings. The lowest BCUT2D eigenvalue weighted by Gasteiger charge is -2.47. The van der Waals surface area contributed by atoms with Gasteiger partial charge in [-0.15, -0.1) is 0 Å². The number of carboxylic acids is 1. The molecule has 45 heavy (non-hydrogen) atoms. The van der Waals surface area contributed by atoms with Crippen molar-refractivity contribution < 1.29 is 27.6 Å². The first-order valence-electron chi connectivity index (χ1n) is 15.9. The van der Waals surface area contributed by atoms with Crippen molar-refractivity contribution in [3.05, 3.63) is 82.1 Å². The van der Waals surface area contributed by atoms with Crippen molar-refractivity contribution >= 4 is 33.4 Å². The number of aryl methyl sites for hydroxylation is 1. The Morgan fingerprint density at radius 3 is 2.64 bits per heavy atom. The van der Waals surface area contributed by atoms with Gasteiger partial charge >= 0.3 is 5.97 Å². The second kappa shape index (κ2) is 12.2. The SMILES string of the molecule is C[C@@H](COc1ccnc2c1[C@H](C)CCC2)C[C@H]1Cc2ccc(S(=O)(=O)O)cc2C12CCC(Nc1cccc(Cl)c1)(C(=O)O)CC2. The van der Waals surface area contributed by atoms with E-state index in [1.165, 1.54) is 11.6 Å². The molecule has 1 saturated carbocycles. The molecular formula is C35H41ClN2O6S. The van der Waals surface area contributed by atoms with Gasteiger partial charge in [-0.05, 0) is 128 Å². The smallest absolute Gasteiger partial charge is 0.329 e. The molecule has 0 unspecified atom stereocenters. The summed E-state index contributed by atoms with van der Waals surface area (Å²) in [6, 6.07) is 13.9. The van der Waals surface area contributed by atoms with Crippen LogP contribution >= 0.6 is 11.6 Å². The van der Waals surface area contributed by atoms with Gasteiger partial charge in [-0.1, -0.05) is 37.6 Å². The van der Waals surface area contributed by atoms with Gasteiger partial charge in [-0.25, -0.2) is 4.79 Å². The number of aliphatic carboxylic acids is 1. The highest BCUT2D eigenvalue weighted by atomic mass is 35.5. The van der Waals surface area contributed by atoms with E-state index in [1.807, 2.05) is 24.4 Å². The second-order valence-corrected chi connectivity index (χ2v) is 15.3. The average Bonchev–Trinajstić information content (AvgIpc) is 3.28. The van der Waals surface area contributed by atoms with Crippen molar-refractivity contribution in [2.75, 3.05) is 11.9 Å². The molecule has 2 aromatic carbocycles. The van der Waals surface area contributed by atoms with Gasteiger partial charge in [0.05, 0.1) is 11.5 Å². The van der Waals surface area contributed by atoms with Crippen LogP contribution in [0.15, 0.2) is 59.6 Å². The molecule has 3 aliphatic carbocycles. The van der Waals surface area contributed by atoms with E-state index in [0.717, 1.165) is 54.7 Å². The van der Waals surface area contributed by atoms with Crippen LogP contribution in [0, 0.1) is 11.8 Å². The van der Waals surface area contributed by atoms with E-state index in [-0.39, 0.29) is 16.7 Å². The van der Waals surface area contributed by atoms with Crippen LogP contribution in [0.25, 0.3) is 0 Å². The highest BCUT2D eigenvalue weighted by Gasteiger charge is 2.54. The molecule has 1 spiro atoms. The second-order valence-electron chi connectivity index (χ2n) is 13.5. The van der Waals surface area contributed by atoms with Crippen molar-refractivity contribution in [1.82, 2.24) is 4.98 Å². The topological polar surface area (TPSA) is 126 Å². The molecule has 0 saturated heterocycles. The number of carboxylic acid groups (broad SMARTS) is 1. The van der Waals surface area contributed by atoms with Crippen LogP contribution in [0.4, 0.5) is 5.69 Å². The highest BCUT2D eigenvalue weighted by Crippen LogP contribution is 2.56. The summed E-state index contributed by atoms with van der Waals surface area (Å²) in [4.78, 5) is 17.3. The summed E-state index contributed by atoms with van der Waals surface area (Å²) in [5.41, 5.74) is 3.37. The van der Waals surface area contributed by atoms with E-state index in [9.17, 15) is 22.9 Å². The van der Waals surface area contributed by atoms with Crippen LogP contribution in [0.3, 0.4) is 0 Å². The summed E-state index contributed by atoms with van der Waals surface area (Å²) < 4.78 is 40.7. The molecule has 1 aromatic heterocycles. The number of hydrogen-bond donors (Lipinski definition) is 3. The van der Waals surface area contributed by atoms with E-state index in [0.29, 0.717) is 48.9 Å². The number of nitrogens with zero attached hydrogens (tertiary/aromatic N) is 1. The van der Waals surface area contributed by atoms with E-state index in [4.69, 9.17) is 16.3 Å². The van der Waals surface area contributed by atoms with E-state index >= 15 is 0 Å². The molecule has 0 radical (unpaired) electrons. The monoisotopic (exact) mass is 652 g/mol. The van der Waals surface area contributed by atoms with Gasteiger partial charge in [0.25, 0.3) is 10.1 Å². The van der Waals surface area contributed by atoms with Crippen molar-refractivity contribution in [2.45, 2.75) is 93.4 Å². The maximum atomic E-state index is 12.8. The normalized spacial score (nSPS) is 26.6. The van der Waals surface area contributed by atoms with Gasteiger partial charge in [-0.3, -0.25) is 9.54 Å². The molecule has 3 aliphatic rings. The third kappa shape index (κ3) is 6.19. The van der Waals surface area contributed by atoms with Crippen molar-refractivity contribution in [3.63, 3.8) is 0 Å².